The van der Waals surface area contributed by atoms with E-state index in [1.54, 1.807) is 0 Å². The van der Waals surface area contributed by atoms with Crippen LogP contribution in [0.4, 0.5) is 0 Å². The zero-order chi connectivity index (χ0) is 15.6. The molecule has 0 aromatic carbocycles. The molecule has 1 aromatic heterocycles. The van der Waals surface area contributed by atoms with Crippen molar-refractivity contribution in [1.82, 2.24) is 10.0 Å². The molecule has 0 radical (unpaired) electrons. The zero-order valence-electron chi connectivity index (χ0n) is 11.3. The Kier molecular flexibility index (Phi) is 4.64. The van der Waals surface area contributed by atoms with E-state index in [-0.39, 0.29) is 9.77 Å². The van der Waals surface area contributed by atoms with E-state index in [1.165, 1.54) is 18.5 Å². The first-order valence-electron chi connectivity index (χ1n) is 6.39. The second-order valence-electron chi connectivity index (χ2n) is 4.90. The highest BCUT2D eigenvalue weighted by molar-refractivity contribution is 7.89. The summed E-state index contributed by atoms with van der Waals surface area (Å²) < 4.78 is 25.3. The first-order chi connectivity index (χ1) is 9.83. The third-order valence-electron chi connectivity index (χ3n) is 3.25. The molecule has 1 unspecified atom stereocenters. The van der Waals surface area contributed by atoms with E-state index in [0.29, 0.717) is 12.3 Å². The number of aliphatic carboxylic acids is 1. The summed E-state index contributed by atoms with van der Waals surface area (Å²) in [6.45, 7) is 0. The molecule has 1 aliphatic rings. The largest absolute Gasteiger partial charge is 0.480 e. The fourth-order valence-corrected chi connectivity index (χ4v) is 3.74. The topological polar surface area (TPSA) is 113 Å². The molecule has 1 fully saturated rings. The lowest BCUT2D eigenvalue weighted by molar-refractivity contribution is -0.139. The lowest BCUT2D eigenvalue weighted by atomic mass is 10.1. The van der Waals surface area contributed by atoms with E-state index in [4.69, 9.17) is 5.11 Å². The maximum atomic E-state index is 12.0. The second kappa shape index (κ2) is 6.12. The van der Waals surface area contributed by atoms with Crippen LogP contribution in [0.15, 0.2) is 16.3 Å². The van der Waals surface area contributed by atoms with E-state index in [1.807, 2.05) is 0 Å². The lowest BCUT2D eigenvalue weighted by Crippen LogP contribution is -2.40. The van der Waals surface area contributed by atoms with Crippen molar-refractivity contribution >= 4 is 33.2 Å². The van der Waals surface area contributed by atoms with Gasteiger partial charge in [-0.05, 0) is 25.5 Å². The van der Waals surface area contributed by atoms with E-state index in [0.717, 1.165) is 24.2 Å². The molecule has 1 heterocycles. The number of thiophene rings is 1. The number of amides is 1. The molecular weight excluding hydrogens is 316 g/mol. The minimum atomic E-state index is -3.60. The van der Waals surface area contributed by atoms with Crippen LogP contribution in [0.25, 0.3) is 0 Å². The number of carbonyl (C=O) groups is 2. The molecule has 9 heteroatoms. The normalized spacial score (nSPS) is 16.4. The van der Waals surface area contributed by atoms with Gasteiger partial charge in [0, 0.05) is 5.38 Å². The van der Waals surface area contributed by atoms with Gasteiger partial charge >= 0.3 is 5.97 Å². The van der Waals surface area contributed by atoms with Crippen LogP contribution < -0.4 is 10.0 Å². The quantitative estimate of drug-likeness (QED) is 0.678. The molecule has 0 aliphatic heterocycles. The number of hydrogen-bond acceptors (Lipinski definition) is 5. The van der Waals surface area contributed by atoms with E-state index >= 15 is 0 Å². The van der Waals surface area contributed by atoms with Crippen molar-refractivity contribution in [2.75, 3.05) is 7.05 Å². The summed E-state index contributed by atoms with van der Waals surface area (Å²) in [5.41, 5.74) is 0. The van der Waals surface area contributed by atoms with Gasteiger partial charge in [-0.25, -0.2) is 17.9 Å². The van der Waals surface area contributed by atoms with Crippen LogP contribution in [0.2, 0.25) is 0 Å². The highest BCUT2D eigenvalue weighted by Gasteiger charge is 2.30. The van der Waals surface area contributed by atoms with Crippen molar-refractivity contribution in [2.45, 2.75) is 30.2 Å². The predicted molar refractivity (Wildman–Crippen MR) is 76.8 cm³/mol. The summed E-state index contributed by atoms with van der Waals surface area (Å²) in [6.07, 6.45) is 2.39. The van der Waals surface area contributed by atoms with E-state index < -0.39 is 27.9 Å². The summed E-state index contributed by atoms with van der Waals surface area (Å²) in [6, 6.07) is 0.304. The zero-order valence-corrected chi connectivity index (χ0v) is 13.0. The maximum Gasteiger partial charge on any atom is 0.326 e. The standard InChI is InChI=1S/C12H16N2O5S2/c1-13-21(18,19)8-5-10(20-6-8)11(15)14-9(12(16)17)4-7-2-3-7/h5-7,9,13H,2-4H2,1H3,(H,14,15)(H,16,17). The van der Waals surface area contributed by atoms with Gasteiger partial charge in [0.2, 0.25) is 10.0 Å². The molecule has 3 N–H and O–H groups in total. The molecule has 0 spiro atoms. The molecular formula is C12H16N2O5S2. The Labute approximate surface area is 126 Å². The minimum absolute atomic E-state index is 0.00535. The number of nitrogens with one attached hydrogen (secondary N) is 2. The van der Waals surface area contributed by atoms with Crippen molar-refractivity contribution in [3.05, 3.63) is 16.3 Å². The number of carbonyl (C=O) groups excluding carboxylic acids is 1. The average molecular weight is 332 g/mol. The number of hydrogen-bond donors (Lipinski definition) is 3. The average Bonchev–Trinajstić information content (AvgIpc) is 3.09. The van der Waals surface area contributed by atoms with Crippen molar-refractivity contribution in [2.24, 2.45) is 5.92 Å². The third kappa shape index (κ3) is 4.02. The fraction of sp³-hybridized carbons (Fsp3) is 0.500. The fourth-order valence-electron chi connectivity index (χ4n) is 1.83. The van der Waals surface area contributed by atoms with E-state index in [2.05, 4.69) is 10.0 Å². The molecule has 1 amide bonds. The van der Waals surface area contributed by atoms with Crippen molar-refractivity contribution in [3.8, 4) is 0 Å². The van der Waals surface area contributed by atoms with Gasteiger partial charge in [0.05, 0.1) is 9.77 Å². The van der Waals surface area contributed by atoms with Gasteiger partial charge in [0.25, 0.3) is 5.91 Å². The highest BCUT2D eigenvalue weighted by atomic mass is 32.2. The first-order valence-corrected chi connectivity index (χ1v) is 8.75. The molecule has 1 aliphatic carbocycles. The molecule has 0 saturated heterocycles. The van der Waals surface area contributed by atoms with Gasteiger partial charge < -0.3 is 10.4 Å². The highest BCUT2D eigenvalue weighted by Crippen LogP contribution is 2.33. The Hall–Kier alpha value is -1.45. The van der Waals surface area contributed by atoms with Crippen LogP contribution in [0.3, 0.4) is 0 Å². The number of carboxylic acid groups (broad SMARTS) is 1. The van der Waals surface area contributed by atoms with Crippen LogP contribution in [-0.2, 0) is 14.8 Å². The third-order valence-corrected chi connectivity index (χ3v) is 5.72. The summed E-state index contributed by atoms with van der Waals surface area (Å²) in [4.78, 5) is 23.3. The summed E-state index contributed by atoms with van der Waals surface area (Å²) in [5.74, 6) is -1.28. The second-order valence-corrected chi connectivity index (χ2v) is 7.70. The number of rotatable bonds is 7. The van der Waals surface area contributed by atoms with Crippen LogP contribution >= 0.6 is 11.3 Å². The van der Waals surface area contributed by atoms with Gasteiger partial charge in [-0.3, -0.25) is 4.79 Å². The molecule has 1 aromatic rings. The lowest BCUT2D eigenvalue weighted by Gasteiger charge is -2.13. The first kappa shape index (κ1) is 15.9. The molecule has 21 heavy (non-hydrogen) atoms. The Morgan fingerprint density at radius 1 is 1.48 bits per heavy atom. The Morgan fingerprint density at radius 2 is 2.14 bits per heavy atom. The van der Waals surface area contributed by atoms with Crippen molar-refractivity contribution < 1.29 is 23.1 Å². The van der Waals surface area contributed by atoms with Gasteiger partial charge in [-0.15, -0.1) is 11.3 Å². The molecule has 1 saturated carbocycles. The maximum absolute atomic E-state index is 12.0. The van der Waals surface area contributed by atoms with Gasteiger partial charge in [0.15, 0.2) is 0 Å². The van der Waals surface area contributed by atoms with Crippen LogP contribution in [0.5, 0.6) is 0 Å². The van der Waals surface area contributed by atoms with Gasteiger partial charge in [-0.1, -0.05) is 12.8 Å². The monoisotopic (exact) mass is 332 g/mol. The SMILES string of the molecule is CNS(=O)(=O)c1csc(C(=O)NC(CC2CC2)C(=O)O)c1. The van der Waals surface area contributed by atoms with Crippen LogP contribution in [0.1, 0.15) is 28.9 Å². The van der Waals surface area contributed by atoms with Gasteiger partial charge in [-0.2, -0.15) is 0 Å². The molecule has 1 atom stereocenters. The smallest absolute Gasteiger partial charge is 0.326 e. The number of carboxylic acids is 1. The minimum Gasteiger partial charge on any atom is -0.480 e. The van der Waals surface area contributed by atoms with E-state index in [9.17, 15) is 18.0 Å². The Bertz CT molecular complexity index is 648. The predicted octanol–water partition coefficient (Wildman–Crippen LogP) is 0.639. The molecule has 2 rings (SSSR count). The Morgan fingerprint density at radius 3 is 2.67 bits per heavy atom. The summed E-state index contributed by atoms with van der Waals surface area (Å²) >= 11 is 0.964. The molecule has 7 nitrogen and oxygen atoms in total. The molecule has 0 bridgehead atoms. The van der Waals surface area contributed by atoms with Crippen LogP contribution in [0, 0.1) is 5.92 Å². The molecule has 116 valence electrons. The van der Waals surface area contributed by atoms with Crippen LogP contribution in [-0.4, -0.2) is 38.5 Å². The number of sulfonamides is 1. The Balaban J connectivity index is 2.07. The summed E-state index contributed by atoms with van der Waals surface area (Å²) in [5, 5.41) is 12.9. The van der Waals surface area contributed by atoms with Gasteiger partial charge in [0.1, 0.15) is 6.04 Å². The van der Waals surface area contributed by atoms with Crippen molar-refractivity contribution in [3.63, 3.8) is 0 Å². The van der Waals surface area contributed by atoms with Crippen molar-refractivity contribution in [1.29, 1.82) is 0 Å². The summed E-state index contributed by atoms with van der Waals surface area (Å²) in [7, 11) is -2.32.